The Morgan fingerprint density at radius 1 is 1.12 bits per heavy atom. The molecular formula is C12H16F3NO. The number of methoxy groups -OCH3 is 1. The van der Waals surface area contributed by atoms with Gasteiger partial charge in [-0.15, -0.1) is 0 Å². The highest BCUT2D eigenvalue weighted by atomic mass is 19.4. The predicted molar refractivity (Wildman–Crippen MR) is 59.5 cm³/mol. The molecule has 1 rings (SSSR count). The maximum atomic E-state index is 12.4. The molecule has 2 N–H and O–H groups in total. The summed E-state index contributed by atoms with van der Waals surface area (Å²) in [5, 5.41) is 0. The normalized spacial score (nSPS) is 15.6. The number of rotatable bonds is 4. The van der Waals surface area contributed by atoms with Crippen LogP contribution < -0.4 is 5.73 Å². The Hall–Kier alpha value is -1.07. The lowest BCUT2D eigenvalue weighted by atomic mass is 9.91. The number of benzene rings is 1. The van der Waals surface area contributed by atoms with Crippen LogP contribution in [0.5, 0.6) is 0 Å². The minimum absolute atomic E-state index is 0.408. The predicted octanol–water partition coefficient (Wildman–Crippen LogP) is 2.92. The third-order valence-electron chi connectivity index (χ3n) is 2.89. The lowest BCUT2D eigenvalue weighted by Gasteiger charge is -2.28. The van der Waals surface area contributed by atoms with Gasteiger partial charge < -0.3 is 10.5 Å². The van der Waals surface area contributed by atoms with Crippen LogP contribution in [0.3, 0.4) is 0 Å². The number of hydrogen-bond donors (Lipinski definition) is 1. The molecule has 0 spiro atoms. The molecular weight excluding hydrogens is 231 g/mol. The van der Waals surface area contributed by atoms with Gasteiger partial charge in [0.25, 0.3) is 0 Å². The molecule has 1 atom stereocenters. The molecule has 0 heterocycles. The number of hydrogen-bond acceptors (Lipinski definition) is 2. The first-order valence-electron chi connectivity index (χ1n) is 5.26. The van der Waals surface area contributed by atoms with Gasteiger partial charge in [0, 0.05) is 7.11 Å². The van der Waals surface area contributed by atoms with Gasteiger partial charge in [0.1, 0.15) is 0 Å². The smallest absolute Gasteiger partial charge is 0.374 e. The molecule has 1 unspecified atom stereocenters. The summed E-state index contributed by atoms with van der Waals surface area (Å²) in [6.45, 7) is 2.22. The van der Waals surface area contributed by atoms with Gasteiger partial charge in [0.05, 0.1) is 11.2 Å². The summed E-state index contributed by atoms with van der Waals surface area (Å²) in [5.74, 6) is 0. The first-order valence-corrected chi connectivity index (χ1v) is 5.26. The van der Waals surface area contributed by atoms with Gasteiger partial charge in [0.15, 0.2) is 0 Å². The number of alkyl halides is 3. The van der Waals surface area contributed by atoms with E-state index in [1.54, 1.807) is 0 Å². The molecule has 96 valence electrons. The van der Waals surface area contributed by atoms with Crippen molar-refractivity contribution in [3.8, 4) is 0 Å². The van der Waals surface area contributed by atoms with E-state index in [9.17, 15) is 13.2 Å². The molecule has 0 radical (unpaired) electrons. The molecule has 0 aliphatic rings. The molecule has 0 aliphatic heterocycles. The third kappa shape index (κ3) is 3.20. The van der Waals surface area contributed by atoms with Crippen LogP contribution >= 0.6 is 0 Å². The highest BCUT2D eigenvalue weighted by Crippen LogP contribution is 2.33. The highest BCUT2D eigenvalue weighted by Gasteiger charge is 2.31. The van der Waals surface area contributed by atoms with E-state index in [1.165, 1.54) is 19.2 Å². The standard InChI is InChI=1S/C12H16F3NO/c1-11(17-2,7-8-16)9-3-5-10(6-4-9)12(13,14)15/h3-6H,7-8,16H2,1-2H3. The molecule has 2 nitrogen and oxygen atoms in total. The summed E-state index contributed by atoms with van der Waals surface area (Å²) in [6.07, 6.45) is -3.76. The first-order chi connectivity index (χ1) is 7.83. The number of ether oxygens (including phenoxy) is 1. The second-order valence-electron chi connectivity index (χ2n) is 4.05. The molecule has 1 aromatic carbocycles. The van der Waals surface area contributed by atoms with Crippen molar-refractivity contribution in [1.82, 2.24) is 0 Å². The van der Waals surface area contributed by atoms with Crippen molar-refractivity contribution in [2.24, 2.45) is 5.73 Å². The van der Waals surface area contributed by atoms with Gasteiger partial charge in [-0.2, -0.15) is 13.2 Å². The zero-order valence-corrected chi connectivity index (χ0v) is 9.84. The number of nitrogens with two attached hydrogens (primary N) is 1. The SMILES string of the molecule is COC(C)(CCN)c1ccc(C(F)(F)F)cc1. The highest BCUT2D eigenvalue weighted by molar-refractivity contribution is 5.28. The van der Waals surface area contributed by atoms with Gasteiger partial charge in [0.2, 0.25) is 0 Å². The Bertz CT molecular complexity index is 361. The largest absolute Gasteiger partial charge is 0.416 e. The fourth-order valence-electron chi connectivity index (χ4n) is 1.65. The minimum Gasteiger partial charge on any atom is -0.374 e. The summed E-state index contributed by atoms with van der Waals surface area (Å²) < 4.78 is 42.5. The summed E-state index contributed by atoms with van der Waals surface area (Å²) in [6, 6.07) is 4.98. The van der Waals surface area contributed by atoms with Crippen molar-refractivity contribution in [3.63, 3.8) is 0 Å². The Balaban J connectivity index is 3.01. The van der Waals surface area contributed by atoms with E-state index in [0.717, 1.165) is 12.1 Å². The van der Waals surface area contributed by atoms with E-state index < -0.39 is 17.3 Å². The Morgan fingerprint density at radius 2 is 1.59 bits per heavy atom. The second-order valence-corrected chi connectivity index (χ2v) is 4.05. The molecule has 5 heteroatoms. The fraction of sp³-hybridized carbons (Fsp3) is 0.500. The molecule has 17 heavy (non-hydrogen) atoms. The average Bonchev–Trinajstić information content (AvgIpc) is 2.28. The Morgan fingerprint density at radius 3 is 1.94 bits per heavy atom. The molecule has 0 amide bonds. The molecule has 0 aromatic heterocycles. The van der Waals surface area contributed by atoms with Crippen LogP contribution in [-0.4, -0.2) is 13.7 Å². The Labute approximate surface area is 98.6 Å². The summed E-state index contributed by atoms with van der Waals surface area (Å²) in [4.78, 5) is 0. The lowest BCUT2D eigenvalue weighted by molar-refractivity contribution is -0.137. The fourth-order valence-corrected chi connectivity index (χ4v) is 1.65. The topological polar surface area (TPSA) is 35.2 Å². The summed E-state index contributed by atoms with van der Waals surface area (Å²) in [7, 11) is 1.52. The van der Waals surface area contributed by atoms with E-state index >= 15 is 0 Å². The number of halogens is 3. The second kappa shape index (κ2) is 5.06. The molecule has 0 saturated heterocycles. The lowest BCUT2D eigenvalue weighted by Crippen LogP contribution is -2.27. The van der Waals surface area contributed by atoms with Crippen LogP contribution in [0.25, 0.3) is 0 Å². The maximum absolute atomic E-state index is 12.4. The van der Waals surface area contributed by atoms with Crippen molar-refractivity contribution < 1.29 is 17.9 Å². The van der Waals surface area contributed by atoms with Gasteiger partial charge >= 0.3 is 6.18 Å². The molecule has 1 aromatic rings. The van der Waals surface area contributed by atoms with Gasteiger partial charge in [-0.05, 0) is 37.6 Å². The van der Waals surface area contributed by atoms with Gasteiger partial charge in [-0.3, -0.25) is 0 Å². The van der Waals surface area contributed by atoms with Crippen molar-refractivity contribution in [2.75, 3.05) is 13.7 Å². The van der Waals surface area contributed by atoms with Crippen molar-refractivity contribution in [3.05, 3.63) is 35.4 Å². The van der Waals surface area contributed by atoms with Crippen molar-refractivity contribution in [2.45, 2.75) is 25.1 Å². The van der Waals surface area contributed by atoms with Crippen LogP contribution in [0.1, 0.15) is 24.5 Å². The molecule has 0 fully saturated rings. The zero-order valence-electron chi connectivity index (χ0n) is 9.84. The molecule has 0 saturated carbocycles. The van der Waals surface area contributed by atoms with E-state index in [1.807, 2.05) is 6.92 Å². The molecule has 0 aliphatic carbocycles. The average molecular weight is 247 g/mol. The van der Waals surface area contributed by atoms with Crippen molar-refractivity contribution in [1.29, 1.82) is 0 Å². The van der Waals surface area contributed by atoms with Crippen LogP contribution in [0.2, 0.25) is 0 Å². The van der Waals surface area contributed by atoms with Crippen LogP contribution in [0, 0.1) is 0 Å². The van der Waals surface area contributed by atoms with Gasteiger partial charge in [-0.25, -0.2) is 0 Å². The Kier molecular flexibility index (Phi) is 4.16. The van der Waals surface area contributed by atoms with E-state index in [4.69, 9.17) is 10.5 Å². The third-order valence-corrected chi connectivity index (χ3v) is 2.89. The monoisotopic (exact) mass is 247 g/mol. The van der Waals surface area contributed by atoms with Crippen LogP contribution in [0.4, 0.5) is 13.2 Å². The van der Waals surface area contributed by atoms with Gasteiger partial charge in [-0.1, -0.05) is 12.1 Å². The van der Waals surface area contributed by atoms with Crippen LogP contribution in [0.15, 0.2) is 24.3 Å². The summed E-state index contributed by atoms with van der Waals surface area (Å²) >= 11 is 0. The van der Waals surface area contributed by atoms with E-state index in [-0.39, 0.29) is 0 Å². The maximum Gasteiger partial charge on any atom is 0.416 e. The van der Waals surface area contributed by atoms with E-state index in [0.29, 0.717) is 18.5 Å². The zero-order chi connectivity index (χ0) is 13.1. The first kappa shape index (κ1) is 14.0. The quantitative estimate of drug-likeness (QED) is 0.887. The van der Waals surface area contributed by atoms with E-state index in [2.05, 4.69) is 0 Å². The molecule has 0 bridgehead atoms. The minimum atomic E-state index is -4.31. The van der Waals surface area contributed by atoms with Crippen LogP contribution in [-0.2, 0) is 16.5 Å². The van der Waals surface area contributed by atoms with Crippen molar-refractivity contribution >= 4 is 0 Å². The summed E-state index contributed by atoms with van der Waals surface area (Å²) in [5.41, 5.74) is 4.86.